The van der Waals surface area contributed by atoms with E-state index in [0.29, 0.717) is 17.3 Å². The summed E-state index contributed by atoms with van der Waals surface area (Å²) in [4.78, 5) is 11.5. The molecule has 0 heterocycles. The van der Waals surface area contributed by atoms with Crippen molar-refractivity contribution in [1.29, 1.82) is 0 Å². The smallest absolute Gasteiger partial charge is 0.430 e. The van der Waals surface area contributed by atoms with Crippen LogP contribution in [0.2, 0.25) is 5.02 Å². The van der Waals surface area contributed by atoms with Gasteiger partial charge in [-0.1, -0.05) is 11.6 Å². The van der Waals surface area contributed by atoms with Crippen LogP contribution in [-0.2, 0) is 4.74 Å². The summed E-state index contributed by atoms with van der Waals surface area (Å²) in [7, 11) is 3.15. The standard InChI is InChI=1S/C13H18ClN3O2/c1-5-17(13(18)19-4)16-9(2)11-8-10(14)6-7-12(11)15-3/h6-8,15H,5H2,1-4H3/b16-9+. The van der Waals surface area contributed by atoms with Gasteiger partial charge in [0.2, 0.25) is 0 Å². The minimum atomic E-state index is -0.491. The fourth-order valence-corrected chi connectivity index (χ4v) is 1.79. The lowest BCUT2D eigenvalue weighted by Crippen LogP contribution is -2.26. The number of nitrogens with one attached hydrogen (secondary N) is 1. The second-order valence-electron chi connectivity index (χ2n) is 3.81. The van der Waals surface area contributed by atoms with Crippen molar-refractivity contribution >= 4 is 29.1 Å². The van der Waals surface area contributed by atoms with Gasteiger partial charge in [0.25, 0.3) is 0 Å². The van der Waals surface area contributed by atoms with Crippen molar-refractivity contribution in [2.75, 3.05) is 26.0 Å². The zero-order valence-electron chi connectivity index (χ0n) is 11.5. The largest absolute Gasteiger partial charge is 0.451 e. The second-order valence-corrected chi connectivity index (χ2v) is 4.25. The summed E-state index contributed by atoms with van der Waals surface area (Å²) in [5, 5.41) is 9.20. The summed E-state index contributed by atoms with van der Waals surface area (Å²) in [5.74, 6) is 0. The molecule has 1 N–H and O–H groups in total. The van der Waals surface area contributed by atoms with E-state index < -0.39 is 6.09 Å². The maximum Gasteiger partial charge on any atom is 0.430 e. The van der Waals surface area contributed by atoms with Crippen LogP contribution in [0.4, 0.5) is 10.5 Å². The Morgan fingerprint density at radius 1 is 1.53 bits per heavy atom. The lowest BCUT2D eigenvalue weighted by atomic mass is 10.1. The number of halogens is 1. The third-order valence-corrected chi connectivity index (χ3v) is 2.83. The fourth-order valence-electron chi connectivity index (χ4n) is 1.61. The van der Waals surface area contributed by atoms with Crippen LogP contribution in [0.1, 0.15) is 19.4 Å². The van der Waals surface area contributed by atoms with Gasteiger partial charge >= 0.3 is 6.09 Å². The maximum atomic E-state index is 11.5. The first-order valence-corrected chi connectivity index (χ1v) is 6.29. The first kappa shape index (κ1) is 15.3. The molecule has 0 aliphatic carbocycles. The SMILES string of the molecule is CCN(/N=C(\C)c1cc(Cl)ccc1NC)C(=O)OC. The highest BCUT2D eigenvalue weighted by atomic mass is 35.5. The van der Waals surface area contributed by atoms with Crippen LogP contribution in [0.3, 0.4) is 0 Å². The van der Waals surface area contributed by atoms with Gasteiger partial charge in [-0.15, -0.1) is 0 Å². The first-order chi connectivity index (χ1) is 9.03. The molecule has 0 atom stereocenters. The third-order valence-electron chi connectivity index (χ3n) is 2.60. The number of anilines is 1. The van der Waals surface area contributed by atoms with E-state index in [9.17, 15) is 4.79 Å². The number of hydrogen-bond acceptors (Lipinski definition) is 4. The molecule has 0 aromatic heterocycles. The predicted molar refractivity (Wildman–Crippen MR) is 78.0 cm³/mol. The van der Waals surface area contributed by atoms with Crippen LogP contribution < -0.4 is 5.32 Å². The van der Waals surface area contributed by atoms with Crippen LogP contribution in [0.25, 0.3) is 0 Å². The highest BCUT2D eigenvalue weighted by Crippen LogP contribution is 2.21. The van der Waals surface area contributed by atoms with Gasteiger partial charge in [0.1, 0.15) is 0 Å². The number of carbonyl (C=O) groups excluding carboxylic acids is 1. The van der Waals surface area contributed by atoms with E-state index in [1.807, 2.05) is 27.0 Å². The number of benzene rings is 1. The van der Waals surface area contributed by atoms with Gasteiger partial charge < -0.3 is 10.1 Å². The molecule has 0 aliphatic rings. The van der Waals surface area contributed by atoms with Crippen LogP contribution in [0.15, 0.2) is 23.3 Å². The van der Waals surface area contributed by atoms with Crippen molar-refractivity contribution in [1.82, 2.24) is 5.01 Å². The van der Waals surface area contributed by atoms with Crippen molar-refractivity contribution < 1.29 is 9.53 Å². The summed E-state index contributed by atoms with van der Waals surface area (Å²) in [5.41, 5.74) is 2.42. The molecule has 0 unspecified atom stereocenters. The van der Waals surface area contributed by atoms with E-state index >= 15 is 0 Å². The summed E-state index contributed by atoms with van der Waals surface area (Å²) < 4.78 is 4.66. The summed E-state index contributed by atoms with van der Waals surface area (Å²) in [6.07, 6.45) is -0.491. The van der Waals surface area contributed by atoms with Crippen molar-refractivity contribution in [3.05, 3.63) is 28.8 Å². The lowest BCUT2D eigenvalue weighted by molar-refractivity contribution is 0.127. The Morgan fingerprint density at radius 2 is 2.21 bits per heavy atom. The first-order valence-electron chi connectivity index (χ1n) is 5.91. The maximum absolute atomic E-state index is 11.5. The molecule has 19 heavy (non-hydrogen) atoms. The van der Waals surface area contributed by atoms with Crippen LogP contribution >= 0.6 is 11.6 Å². The molecule has 0 radical (unpaired) electrons. The molecular weight excluding hydrogens is 266 g/mol. The van der Waals surface area contributed by atoms with Crippen molar-refractivity contribution in [2.24, 2.45) is 5.10 Å². The highest BCUT2D eigenvalue weighted by Gasteiger charge is 2.12. The summed E-state index contributed by atoms with van der Waals surface area (Å²) >= 11 is 5.99. The number of rotatable bonds is 4. The molecular formula is C13H18ClN3O2. The molecule has 0 bridgehead atoms. The zero-order chi connectivity index (χ0) is 14.4. The Morgan fingerprint density at radius 3 is 2.74 bits per heavy atom. The van der Waals surface area contributed by atoms with Crippen LogP contribution in [0.5, 0.6) is 0 Å². The van der Waals surface area contributed by atoms with Crippen LogP contribution in [-0.4, -0.2) is 37.5 Å². The molecule has 0 saturated carbocycles. The molecule has 1 amide bonds. The molecule has 1 aromatic carbocycles. The van der Waals surface area contributed by atoms with E-state index in [2.05, 4.69) is 15.2 Å². The van der Waals surface area contributed by atoms with Gasteiger partial charge in [-0.2, -0.15) is 10.1 Å². The number of carbonyl (C=O) groups is 1. The minimum Gasteiger partial charge on any atom is -0.451 e. The molecule has 0 aliphatic heterocycles. The number of nitrogens with zero attached hydrogens (tertiary/aromatic N) is 2. The number of ether oxygens (including phenoxy) is 1. The Hall–Kier alpha value is -1.75. The number of hydrazone groups is 1. The van der Waals surface area contributed by atoms with Crippen molar-refractivity contribution in [3.8, 4) is 0 Å². The molecule has 0 spiro atoms. The van der Waals surface area contributed by atoms with E-state index in [4.69, 9.17) is 11.6 Å². The normalized spacial score (nSPS) is 11.1. The Bertz CT molecular complexity index is 489. The molecule has 1 aromatic rings. The average molecular weight is 284 g/mol. The monoisotopic (exact) mass is 283 g/mol. The molecule has 0 saturated heterocycles. The van der Waals surface area contributed by atoms with E-state index in [-0.39, 0.29) is 0 Å². The Kier molecular flexibility index (Phi) is 5.63. The van der Waals surface area contributed by atoms with Gasteiger partial charge in [0.15, 0.2) is 0 Å². The van der Waals surface area contributed by atoms with E-state index in [0.717, 1.165) is 11.3 Å². The van der Waals surface area contributed by atoms with Gasteiger partial charge in [-0.25, -0.2) is 4.79 Å². The van der Waals surface area contributed by atoms with Gasteiger partial charge in [0.05, 0.1) is 12.8 Å². The number of amides is 1. The number of methoxy groups -OCH3 is 1. The fraction of sp³-hybridized carbons (Fsp3) is 0.385. The minimum absolute atomic E-state index is 0.430. The molecule has 104 valence electrons. The third kappa shape index (κ3) is 3.86. The lowest BCUT2D eigenvalue weighted by Gasteiger charge is -2.16. The Labute approximate surface area is 118 Å². The van der Waals surface area contributed by atoms with Gasteiger partial charge in [-0.3, -0.25) is 0 Å². The molecule has 6 heteroatoms. The summed E-state index contributed by atoms with van der Waals surface area (Å²) in [6, 6.07) is 5.46. The summed E-state index contributed by atoms with van der Waals surface area (Å²) in [6.45, 7) is 4.07. The zero-order valence-corrected chi connectivity index (χ0v) is 12.3. The van der Waals surface area contributed by atoms with Crippen LogP contribution in [0, 0.1) is 0 Å². The molecule has 0 fully saturated rings. The average Bonchev–Trinajstić information content (AvgIpc) is 2.43. The Balaban J connectivity index is 3.13. The number of hydrogen-bond donors (Lipinski definition) is 1. The van der Waals surface area contributed by atoms with Gasteiger partial charge in [-0.05, 0) is 32.0 Å². The highest BCUT2D eigenvalue weighted by molar-refractivity contribution is 6.31. The molecule has 5 nitrogen and oxygen atoms in total. The predicted octanol–water partition coefficient (Wildman–Crippen LogP) is 3.19. The topological polar surface area (TPSA) is 53.9 Å². The second kappa shape index (κ2) is 6.99. The van der Waals surface area contributed by atoms with Gasteiger partial charge in [0, 0.05) is 29.9 Å². The van der Waals surface area contributed by atoms with E-state index in [1.54, 1.807) is 12.1 Å². The van der Waals surface area contributed by atoms with Crippen molar-refractivity contribution in [3.63, 3.8) is 0 Å². The molecule has 1 rings (SSSR count). The quantitative estimate of drug-likeness (QED) is 0.682. The van der Waals surface area contributed by atoms with E-state index in [1.165, 1.54) is 12.1 Å². The van der Waals surface area contributed by atoms with Crippen molar-refractivity contribution in [2.45, 2.75) is 13.8 Å².